The SMILES string of the molecule is CC1(C)C(CBr)C1c1ccccc1. The molecule has 0 radical (unpaired) electrons. The molecule has 1 heteroatoms. The normalized spacial score (nSPS) is 30.1. The lowest BCUT2D eigenvalue weighted by Gasteiger charge is -2.01. The highest BCUT2D eigenvalue weighted by Gasteiger charge is 2.57. The largest absolute Gasteiger partial charge is 0.0925 e. The Bertz CT molecular complexity index is 289. The lowest BCUT2D eigenvalue weighted by molar-refractivity contribution is 0.579. The van der Waals surface area contributed by atoms with Gasteiger partial charge < -0.3 is 0 Å². The maximum atomic E-state index is 3.59. The van der Waals surface area contributed by atoms with E-state index in [1.165, 1.54) is 5.56 Å². The molecule has 1 aromatic rings. The van der Waals surface area contributed by atoms with Crippen molar-refractivity contribution in [2.24, 2.45) is 11.3 Å². The van der Waals surface area contributed by atoms with E-state index in [9.17, 15) is 0 Å². The second-order valence-corrected chi connectivity index (χ2v) is 5.12. The Kier molecular flexibility index (Phi) is 2.23. The van der Waals surface area contributed by atoms with Crippen LogP contribution in [0, 0.1) is 11.3 Å². The first-order chi connectivity index (χ1) is 6.18. The summed E-state index contributed by atoms with van der Waals surface area (Å²) in [6, 6.07) is 10.8. The minimum absolute atomic E-state index is 0.491. The molecule has 0 bridgehead atoms. The zero-order valence-electron chi connectivity index (χ0n) is 8.13. The number of hydrogen-bond acceptors (Lipinski definition) is 0. The van der Waals surface area contributed by atoms with Crippen molar-refractivity contribution in [3.8, 4) is 0 Å². The number of rotatable bonds is 2. The van der Waals surface area contributed by atoms with Crippen LogP contribution >= 0.6 is 15.9 Å². The van der Waals surface area contributed by atoms with Gasteiger partial charge in [0.1, 0.15) is 0 Å². The van der Waals surface area contributed by atoms with Gasteiger partial charge in [0.2, 0.25) is 0 Å². The van der Waals surface area contributed by atoms with Gasteiger partial charge in [-0.1, -0.05) is 60.1 Å². The van der Waals surface area contributed by atoms with Crippen molar-refractivity contribution in [1.29, 1.82) is 0 Å². The fourth-order valence-corrected chi connectivity index (χ4v) is 3.56. The molecule has 0 saturated heterocycles. The van der Waals surface area contributed by atoms with E-state index >= 15 is 0 Å². The molecule has 1 fully saturated rings. The number of benzene rings is 1. The molecule has 0 N–H and O–H groups in total. The second kappa shape index (κ2) is 3.13. The van der Waals surface area contributed by atoms with E-state index in [1.807, 2.05) is 0 Å². The van der Waals surface area contributed by atoms with E-state index in [4.69, 9.17) is 0 Å². The average Bonchev–Trinajstić information content (AvgIpc) is 2.69. The van der Waals surface area contributed by atoms with E-state index in [0.717, 1.165) is 17.2 Å². The van der Waals surface area contributed by atoms with E-state index in [1.54, 1.807) is 0 Å². The van der Waals surface area contributed by atoms with Gasteiger partial charge in [-0.25, -0.2) is 0 Å². The second-order valence-electron chi connectivity index (χ2n) is 4.47. The minimum atomic E-state index is 0.491. The van der Waals surface area contributed by atoms with Crippen LogP contribution in [0.4, 0.5) is 0 Å². The van der Waals surface area contributed by atoms with Gasteiger partial charge in [-0.05, 0) is 22.8 Å². The fraction of sp³-hybridized carbons (Fsp3) is 0.500. The Hall–Kier alpha value is -0.300. The van der Waals surface area contributed by atoms with E-state index < -0.39 is 0 Å². The van der Waals surface area contributed by atoms with Crippen molar-refractivity contribution in [3.63, 3.8) is 0 Å². The van der Waals surface area contributed by atoms with Gasteiger partial charge in [-0.15, -0.1) is 0 Å². The van der Waals surface area contributed by atoms with Crippen LogP contribution in [0.5, 0.6) is 0 Å². The first kappa shape index (κ1) is 9.26. The molecule has 0 amide bonds. The molecular formula is C12H15Br. The third-order valence-corrected chi connectivity index (χ3v) is 4.07. The molecule has 2 atom stereocenters. The Labute approximate surface area is 88.5 Å². The quantitative estimate of drug-likeness (QED) is 0.688. The van der Waals surface area contributed by atoms with E-state index in [0.29, 0.717) is 5.41 Å². The standard InChI is InChI=1S/C12H15Br/c1-12(2)10(8-13)11(12)9-6-4-3-5-7-9/h3-7,10-11H,8H2,1-2H3. The zero-order chi connectivity index (χ0) is 9.47. The van der Waals surface area contributed by atoms with Gasteiger partial charge >= 0.3 is 0 Å². The summed E-state index contributed by atoms with van der Waals surface area (Å²) < 4.78 is 0. The summed E-state index contributed by atoms with van der Waals surface area (Å²) in [5, 5.41) is 1.12. The summed E-state index contributed by atoms with van der Waals surface area (Å²) in [4.78, 5) is 0. The lowest BCUT2D eigenvalue weighted by atomic mass is 10.0. The van der Waals surface area contributed by atoms with Crippen LogP contribution in [0.2, 0.25) is 0 Å². The Morgan fingerprint density at radius 1 is 1.23 bits per heavy atom. The molecule has 2 unspecified atom stereocenters. The van der Waals surface area contributed by atoms with E-state index in [2.05, 4.69) is 60.1 Å². The average molecular weight is 239 g/mol. The van der Waals surface area contributed by atoms with Gasteiger partial charge in [0.25, 0.3) is 0 Å². The summed E-state index contributed by atoms with van der Waals surface area (Å²) >= 11 is 3.59. The summed E-state index contributed by atoms with van der Waals surface area (Å²) in [6.07, 6.45) is 0. The highest BCUT2D eigenvalue weighted by molar-refractivity contribution is 9.09. The molecule has 0 spiro atoms. The summed E-state index contributed by atoms with van der Waals surface area (Å²) in [5.74, 6) is 1.57. The summed E-state index contributed by atoms with van der Waals surface area (Å²) in [6.45, 7) is 4.72. The number of hydrogen-bond donors (Lipinski definition) is 0. The molecule has 1 saturated carbocycles. The van der Waals surface area contributed by atoms with Gasteiger partial charge in [0.05, 0.1) is 0 Å². The Morgan fingerprint density at radius 3 is 2.31 bits per heavy atom. The molecule has 0 aliphatic heterocycles. The molecule has 2 rings (SSSR count). The zero-order valence-corrected chi connectivity index (χ0v) is 9.71. The molecule has 13 heavy (non-hydrogen) atoms. The number of alkyl halides is 1. The molecule has 0 aromatic heterocycles. The monoisotopic (exact) mass is 238 g/mol. The number of halogens is 1. The predicted octanol–water partition coefficient (Wildman–Crippen LogP) is 3.82. The van der Waals surface area contributed by atoms with Crippen molar-refractivity contribution in [1.82, 2.24) is 0 Å². The van der Waals surface area contributed by atoms with Gasteiger partial charge in [-0.2, -0.15) is 0 Å². The molecule has 1 aromatic carbocycles. The molecule has 1 aliphatic rings. The van der Waals surface area contributed by atoms with Crippen LogP contribution in [-0.2, 0) is 0 Å². The van der Waals surface area contributed by atoms with Crippen molar-refractivity contribution < 1.29 is 0 Å². The summed E-state index contributed by atoms with van der Waals surface area (Å²) in [7, 11) is 0. The third-order valence-electron chi connectivity index (χ3n) is 3.38. The minimum Gasteiger partial charge on any atom is -0.0925 e. The predicted molar refractivity (Wildman–Crippen MR) is 60.2 cm³/mol. The molecule has 1 aliphatic carbocycles. The first-order valence-corrected chi connectivity index (χ1v) is 5.91. The Balaban J connectivity index is 2.22. The van der Waals surface area contributed by atoms with Crippen molar-refractivity contribution in [2.45, 2.75) is 19.8 Å². The molecule has 0 nitrogen and oxygen atoms in total. The third kappa shape index (κ3) is 1.43. The Morgan fingerprint density at radius 2 is 1.85 bits per heavy atom. The lowest BCUT2D eigenvalue weighted by Crippen LogP contribution is -1.90. The highest BCUT2D eigenvalue weighted by Crippen LogP contribution is 2.64. The van der Waals surface area contributed by atoms with Crippen LogP contribution in [0.1, 0.15) is 25.3 Å². The van der Waals surface area contributed by atoms with E-state index in [-0.39, 0.29) is 0 Å². The maximum absolute atomic E-state index is 3.59. The van der Waals surface area contributed by atoms with Crippen LogP contribution in [0.3, 0.4) is 0 Å². The maximum Gasteiger partial charge on any atom is 0.00710 e. The summed E-state index contributed by atoms with van der Waals surface area (Å²) in [5.41, 5.74) is 1.99. The van der Waals surface area contributed by atoms with Crippen LogP contribution < -0.4 is 0 Å². The van der Waals surface area contributed by atoms with Gasteiger partial charge in [0, 0.05) is 5.33 Å². The topological polar surface area (TPSA) is 0 Å². The molecule has 0 heterocycles. The van der Waals surface area contributed by atoms with Crippen LogP contribution in [0.25, 0.3) is 0 Å². The van der Waals surface area contributed by atoms with Crippen LogP contribution in [-0.4, -0.2) is 5.33 Å². The van der Waals surface area contributed by atoms with Crippen LogP contribution in [0.15, 0.2) is 30.3 Å². The van der Waals surface area contributed by atoms with Gasteiger partial charge in [-0.3, -0.25) is 0 Å². The first-order valence-electron chi connectivity index (χ1n) is 4.79. The fourth-order valence-electron chi connectivity index (χ4n) is 2.35. The molecule has 70 valence electrons. The smallest absolute Gasteiger partial charge is 0.00710 e. The molecular weight excluding hydrogens is 224 g/mol. The van der Waals surface area contributed by atoms with Crippen molar-refractivity contribution in [2.75, 3.05) is 5.33 Å². The highest BCUT2D eigenvalue weighted by atomic mass is 79.9. The van der Waals surface area contributed by atoms with Crippen molar-refractivity contribution >= 4 is 15.9 Å². The van der Waals surface area contributed by atoms with Crippen molar-refractivity contribution in [3.05, 3.63) is 35.9 Å². The van der Waals surface area contributed by atoms with Gasteiger partial charge in [0.15, 0.2) is 0 Å².